The Labute approximate surface area is 136 Å². The van der Waals surface area contributed by atoms with Gasteiger partial charge in [0.25, 0.3) is 0 Å². The summed E-state index contributed by atoms with van der Waals surface area (Å²) in [5.41, 5.74) is 7.36. The SMILES string of the molecule is CN(Cc1ccc2c(c1)OCCO2)C(=O)[C@H]1[C@H]2CC[C@@H](C2)[C@@H]1N. The van der Waals surface area contributed by atoms with E-state index < -0.39 is 0 Å². The van der Waals surface area contributed by atoms with Gasteiger partial charge in [-0.2, -0.15) is 0 Å². The molecule has 4 atom stereocenters. The van der Waals surface area contributed by atoms with E-state index in [-0.39, 0.29) is 17.9 Å². The van der Waals surface area contributed by atoms with Crippen molar-refractivity contribution in [3.63, 3.8) is 0 Å². The van der Waals surface area contributed by atoms with E-state index in [2.05, 4.69) is 0 Å². The molecule has 124 valence electrons. The van der Waals surface area contributed by atoms with E-state index in [1.165, 1.54) is 6.42 Å². The number of carbonyl (C=O) groups excluding carboxylic acids is 1. The van der Waals surface area contributed by atoms with Gasteiger partial charge in [-0.3, -0.25) is 4.79 Å². The topological polar surface area (TPSA) is 64.8 Å². The van der Waals surface area contributed by atoms with Crippen molar-refractivity contribution in [1.82, 2.24) is 4.90 Å². The van der Waals surface area contributed by atoms with Gasteiger partial charge < -0.3 is 20.1 Å². The molecule has 0 aromatic heterocycles. The summed E-state index contributed by atoms with van der Waals surface area (Å²) in [6.45, 7) is 1.74. The first kappa shape index (κ1) is 14.8. The number of hydrogen-bond acceptors (Lipinski definition) is 4. The number of fused-ring (bicyclic) bond motifs is 3. The molecule has 0 spiro atoms. The van der Waals surface area contributed by atoms with Crippen molar-refractivity contribution in [1.29, 1.82) is 0 Å². The molecule has 4 rings (SSSR count). The smallest absolute Gasteiger partial charge is 0.227 e. The number of ether oxygens (including phenoxy) is 2. The van der Waals surface area contributed by atoms with Crippen LogP contribution in [0, 0.1) is 17.8 Å². The molecule has 2 saturated carbocycles. The molecule has 0 radical (unpaired) electrons. The minimum Gasteiger partial charge on any atom is -0.486 e. The fraction of sp³-hybridized carbons (Fsp3) is 0.611. The predicted molar refractivity (Wildman–Crippen MR) is 86.2 cm³/mol. The van der Waals surface area contributed by atoms with Crippen molar-refractivity contribution >= 4 is 5.91 Å². The molecule has 1 aromatic carbocycles. The number of nitrogens with zero attached hydrogens (tertiary/aromatic N) is 1. The van der Waals surface area contributed by atoms with Gasteiger partial charge in [0, 0.05) is 19.6 Å². The molecule has 1 heterocycles. The van der Waals surface area contributed by atoms with E-state index in [0.717, 1.165) is 29.9 Å². The Morgan fingerprint density at radius 2 is 1.96 bits per heavy atom. The quantitative estimate of drug-likeness (QED) is 0.923. The first-order chi connectivity index (χ1) is 11.1. The molecule has 1 aromatic rings. The second-order valence-electron chi connectivity index (χ2n) is 7.11. The molecule has 1 aliphatic heterocycles. The third-order valence-electron chi connectivity index (χ3n) is 5.67. The van der Waals surface area contributed by atoms with Crippen molar-refractivity contribution in [3.8, 4) is 11.5 Å². The number of nitrogens with two attached hydrogens (primary N) is 1. The normalized spacial score (nSPS) is 31.2. The minimum absolute atomic E-state index is 0.0101. The lowest BCUT2D eigenvalue weighted by atomic mass is 9.84. The van der Waals surface area contributed by atoms with E-state index in [1.54, 1.807) is 0 Å². The van der Waals surface area contributed by atoms with Gasteiger partial charge in [0.05, 0.1) is 5.92 Å². The third kappa shape index (κ3) is 2.57. The largest absolute Gasteiger partial charge is 0.486 e. The molecule has 2 aliphatic carbocycles. The zero-order valence-corrected chi connectivity index (χ0v) is 13.5. The summed E-state index contributed by atoms with van der Waals surface area (Å²) in [6, 6.07) is 5.94. The maximum absolute atomic E-state index is 12.8. The first-order valence-electron chi connectivity index (χ1n) is 8.52. The Bertz CT molecular complexity index is 616. The molecule has 0 unspecified atom stereocenters. The van der Waals surface area contributed by atoms with Gasteiger partial charge in [-0.05, 0) is 48.8 Å². The minimum atomic E-state index is 0.0101. The van der Waals surface area contributed by atoms with Crippen LogP contribution in [-0.2, 0) is 11.3 Å². The standard InChI is InChI=1S/C18H24N2O3/c1-20(18(21)16-12-3-4-13(9-12)17(16)19)10-11-2-5-14-15(8-11)23-7-6-22-14/h2,5,8,12-13,16-17H,3-4,6-7,9-10,19H2,1H3/t12-,13-,16-,17-/m0/s1. The van der Waals surface area contributed by atoms with Crippen LogP contribution in [0.2, 0.25) is 0 Å². The van der Waals surface area contributed by atoms with E-state index >= 15 is 0 Å². The molecule has 0 saturated heterocycles. The molecule has 1 amide bonds. The van der Waals surface area contributed by atoms with E-state index in [0.29, 0.717) is 31.6 Å². The highest BCUT2D eigenvalue weighted by molar-refractivity contribution is 5.80. The van der Waals surface area contributed by atoms with Crippen LogP contribution >= 0.6 is 0 Å². The fourth-order valence-corrected chi connectivity index (χ4v) is 4.49. The van der Waals surface area contributed by atoms with Gasteiger partial charge in [-0.15, -0.1) is 0 Å². The van der Waals surface area contributed by atoms with Gasteiger partial charge in [-0.1, -0.05) is 6.07 Å². The number of hydrogen-bond donors (Lipinski definition) is 1. The molecule has 3 aliphatic rings. The van der Waals surface area contributed by atoms with E-state index in [1.807, 2.05) is 30.1 Å². The summed E-state index contributed by atoms with van der Waals surface area (Å²) in [4.78, 5) is 14.6. The Hall–Kier alpha value is -1.75. The number of rotatable bonds is 3. The summed E-state index contributed by atoms with van der Waals surface area (Å²) < 4.78 is 11.2. The highest BCUT2D eigenvalue weighted by atomic mass is 16.6. The second-order valence-corrected chi connectivity index (χ2v) is 7.11. The van der Waals surface area contributed by atoms with Gasteiger partial charge in [0.15, 0.2) is 11.5 Å². The van der Waals surface area contributed by atoms with Crippen molar-refractivity contribution in [2.45, 2.75) is 31.8 Å². The zero-order chi connectivity index (χ0) is 16.0. The summed E-state index contributed by atoms with van der Waals surface area (Å²) >= 11 is 0. The Morgan fingerprint density at radius 1 is 1.22 bits per heavy atom. The van der Waals surface area contributed by atoms with Crippen LogP contribution in [-0.4, -0.2) is 37.1 Å². The lowest BCUT2D eigenvalue weighted by Crippen LogP contribution is -2.45. The maximum Gasteiger partial charge on any atom is 0.227 e. The van der Waals surface area contributed by atoms with Crippen molar-refractivity contribution in [2.24, 2.45) is 23.5 Å². The van der Waals surface area contributed by atoms with Gasteiger partial charge in [0.2, 0.25) is 5.91 Å². The average molecular weight is 316 g/mol. The monoisotopic (exact) mass is 316 g/mol. The molecule has 23 heavy (non-hydrogen) atoms. The number of benzene rings is 1. The summed E-state index contributed by atoms with van der Waals surface area (Å²) in [6.07, 6.45) is 3.49. The Kier molecular flexibility index (Phi) is 3.68. The molecule has 5 nitrogen and oxygen atoms in total. The molecule has 2 fully saturated rings. The van der Waals surface area contributed by atoms with Crippen molar-refractivity contribution in [2.75, 3.05) is 20.3 Å². The summed E-state index contributed by atoms with van der Waals surface area (Å²) in [5, 5.41) is 0. The number of amides is 1. The van der Waals surface area contributed by atoms with Crippen LogP contribution in [0.5, 0.6) is 11.5 Å². The zero-order valence-electron chi connectivity index (χ0n) is 13.5. The summed E-state index contributed by atoms with van der Waals surface area (Å²) in [5.74, 6) is 2.80. The molecular formula is C18H24N2O3. The summed E-state index contributed by atoms with van der Waals surface area (Å²) in [7, 11) is 1.87. The van der Waals surface area contributed by atoms with E-state index in [9.17, 15) is 4.79 Å². The molecule has 2 bridgehead atoms. The highest BCUT2D eigenvalue weighted by Gasteiger charge is 2.49. The fourth-order valence-electron chi connectivity index (χ4n) is 4.49. The maximum atomic E-state index is 12.8. The first-order valence-corrected chi connectivity index (χ1v) is 8.52. The lowest BCUT2D eigenvalue weighted by Gasteiger charge is -2.31. The molecule has 5 heteroatoms. The third-order valence-corrected chi connectivity index (χ3v) is 5.67. The molecule has 2 N–H and O–H groups in total. The Balaban J connectivity index is 1.45. The van der Waals surface area contributed by atoms with Crippen LogP contribution in [0.4, 0.5) is 0 Å². The van der Waals surface area contributed by atoms with Crippen LogP contribution in [0.1, 0.15) is 24.8 Å². The van der Waals surface area contributed by atoms with Crippen LogP contribution in [0.3, 0.4) is 0 Å². The van der Waals surface area contributed by atoms with Crippen molar-refractivity contribution in [3.05, 3.63) is 23.8 Å². The van der Waals surface area contributed by atoms with Gasteiger partial charge in [0.1, 0.15) is 13.2 Å². The van der Waals surface area contributed by atoms with E-state index in [4.69, 9.17) is 15.2 Å². The van der Waals surface area contributed by atoms with Gasteiger partial charge >= 0.3 is 0 Å². The lowest BCUT2D eigenvalue weighted by molar-refractivity contribution is -0.137. The number of carbonyl (C=O) groups is 1. The predicted octanol–water partition coefficient (Wildman–Crippen LogP) is 1.79. The van der Waals surface area contributed by atoms with Crippen LogP contribution in [0.15, 0.2) is 18.2 Å². The van der Waals surface area contributed by atoms with Crippen LogP contribution in [0.25, 0.3) is 0 Å². The Morgan fingerprint density at radius 3 is 2.70 bits per heavy atom. The second kappa shape index (κ2) is 5.71. The van der Waals surface area contributed by atoms with Crippen LogP contribution < -0.4 is 15.2 Å². The molecular weight excluding hydrogens is 292 g/mol. The van der Waals surface area contributed by atoms with Crippen molar-refractivity contribution < 1.29 is 14.3 Å². The highest BCUT2D eigenvalue weighted by Crippen LogP contribution is 2.48. The average Bonchev–Trinajstić information content (AvgIpc) is 3.15. The van der Waals surface area contributed by atoms with Gasteiger partial charge in [-0.25, -0.2) is 0 Å².